The molecule has 0 aliphatic rings. The average Bonchev–Trinajstić information content (AvgIpc) is 2.99. The maximum Gasteiger partial charge on any atom is 0.0627 e. The zero-order valence-corrected chi connectivity index (χ0v) is 24.7. The van der Waals surface area contributed by atoms with Gasteiger partial charge in [-0.3, -0.25) is 0 Å². The molecule has 0 aliphatic carbocycles. The molecular formula is C40H36N2. The van der Waals surface area contributed by atoms with Crippen molar-refractivity contribution < 1.29 is 0 Å². The van der Waals surface area contributed by atoms with Crippen LogP contribution < -0.4 is 11.5 Å². The highest BCUT2D eigenvalue weighted by atomic mass is 14.7. The summed E-state index contributed by atoms with van der Waals surface area (Å²) in [5, 5.41) is 0. The summed E-state index contributed by atoms with van der Waals surface area (Å²) in [7, 11) is 0. The molecule has 0 spiro atoms. The Morgan fingerprint density at radius 2 is 0.738 bits per heavy atom. The van der Waals surface area contributed by atoms with E-state index < -0.39 is 0 Å². The summed E-state index contributed by atoms with van der Waals surface area (Å²) in [5.41, 5.74) is 30.5. The second kappa shape index (κ2) is 11.1. The minimum Gasteiger partial charge on any atom is -0.397 e. The predicted octanol–water partition coefficient (Wildman–Crippen LogP) is 10.4. The third-order valence-corrected chi connectivity index (χ3v) is 8.14. The highest BCUT2D eigenvalue weighted by molar-refractivity contribution is 6.09. The standard InChI is InChI=1S/C40H36N2/c1-25-8-16-29(17-9-25)34-24-35(33-6-5-7-36(41)40(33)42)38(31-20-12-27(3)13-21-31)39(32-22-14-28(4)15-23-32)37(34)30-18-10-26(2)11-19-30/h5-24H,41-42H2,1-4H3. The van der Waals surface area contributed by atoms with Crippen LogP contribution in [-0.2, 0) is 0 Å². The molecule has 0 fully saturated rings. The van der Waals surface area contributed by atoms with Crippen molar-refractivity contribution in [3.8, 4) is 55.6 Å². The second-order valence-corrected chi connectivity index (χ2v) is 11.4. The number of nitrogen functional groups attached to an aromatic ring is 2. The Morgan fingerprint density at radius 1 is 0.357 bits per heavy atom. The van der Waals surface area contributed by atoms with E-state index in [2.05, 4.69) is 137 Å². The second-order valence-electron chi connectivity index (χ2n) is 11.4. The first-order chi connectivity index (χ1) is 20.3. The molecule has 2 heteroatoms. The lowest BCUT2D eigenvalue weighted by Gasteiger charge is -2.25. The number of hydrogen-bond donors (Lipinski definition) is 2. The van der Waals surface area contributed by atoms with Gasteiger partial charge in [0.05, 0.1) is 11.4 Å². The van der Waals surface area contributed by atoms with Crippen LogP contribution in [0.4, 0.5) is 11.4 Å². The summed E-state index contributed by atoms with van der Waals surface area (Å²) in [6, 6.07) is 43.6. The SMILES string of the molecule is Cc1ccc(-c2cc(-c3cccc(N)c3N)c(-c3ccc(C)cc3)c(-c3ccc(C)cc3)c2-c2ccc(C)cc2)cc1. The van der Waals surface area contributed by atoms with E-state index in [9.17, 15) is 0 Å². The van der Waals surface area contributed by atoms with Gasteiger partial charge in [-0.1, -0.05) is 131 Å². The van der Waals surface area contributed by atoms with Gasteiger partial charge in [-0.15, -0.1) is 0 Å². The zero-order chi connectivity index (χ0) is 29.4. The Morgan fingerprint density at radius 3 is 1.19 bits per heavy atom. The van der Waals surface area contributed by atoms with Gasteiger partial charge in [0.2, 0.25) is 0 Å². The minimum atomic E-state index is 0.582. The van der Waals surface area contributed by atoms with E-state index in [0.29, 0.717) is 11.4 Å². The normalized spacial score (nSPS) is 11.0. The minimum absolute atomic E-state index is 0.582. The number of benzene rings is 6. The molecule has 0 saturated heterocycles. The first-order valence-electron chi connectivity index (χ1n) is 14.4. The van der Waals surface area contributed by atoms with Gasteiger partial charge in [-0.25, -0.2) is 0 Å². The van der Waals surface area contributed by atoms with Crippen LogP contribution in [-0.4, -0.2) is 0 Å². The topological polar surface area (TPSA) is 52.0 Å². The Bertz CT molecular complexity index is 1880. The van der Waals surface area contributed by atoms with Crippen LogP contribution >= 0.6 is 0 Å². The number of hydrogen-bond acceptors (Lipinski definition) is 2. The van der Waals surface area contributed by atoms with Crippen LogP contribution in [0.15, 0.2) is 121 Å². The molecule has 6 aromatic carbocycles. The molecule has 0 aromatic heterocycles. The van der Waals surface area contributed by atoms with Gasteiger partial charge in [-0.2, -0.15) is 0 Å². The molecular weight excluding hydrogens is 508 g/mol. The fourth-order valence-corrected chi connectivity index (χ4v) is 5.72. The molecule has 0 bridgehead atoms. The predicted molar refractivity (Wildman–Crippen MR) is 181 cm³/mol. The molecule has 0 aliphatic heterocycles. The maximum absolute atomic E-state index is 6.74. The van der Waals surface area contributed by atoms with Gasteiger partial charge in [0.15, 0.2) is 0 Å². The van der Waals surface area contributed by atoms with Crippen LogP contribution in [0.5, 0.6) is 0 Å². The highest BCUT2D eigenvalue weighted by Crippen LogP contribution is 2.51. The van der Waals surface area contributed by atoms with Crippen LogP contribution in [0.3, 0.4) is 0 Å². The van der Waals surface area contributed by atoms with Gasteiger partial charge in [-0.05, 0) is 89.9 Å². The lowest BCUT2D eigenvalue weighted by molar-refractivity contribution is 1.44. The summed E-state index contributed by atoms with van der Waals surface area (Å²) < 4.78 is 0. The molecule has 4 N–H and O–H groups in total. The van der Waals surface area contributed by atoms with E-state index in [4.69, 9.17) is 11.5 Å². The number of para-hydroxylation sites is 1. The first kappa shape index (κ1) is 27.1. The first-order valence-corrected chi connectivity index (χ1v) is 14.4. The Labute approximate surface area is 249 Å². The van der Waals surface area contributed by atoms with E-state index in [1.807, 2.05) is 12.1 Å². The lowest BCUT2D eigenvalue weighted by Crippen LogP contribution is -2.01. The summed E-state index contributed by atoms with van der Waals surface area (Å²) >= 11 is 0. The van der Waals surface area contributed by atoms with Crippen LogP contribution in [0, 0.1) is 27.7 Å². The third kappa shape index (κ3) is 5.08. The quantitative estimate of drug-likeness (QED) is 0.212. The van der Waals surface area contributed by atoms with Gasteiger partial charge in [0, 0.05) is 5.56 Å². The molecule has 0 amide bonds. The largest absolute Gasteiger partial charge is 0.397 e. The summed E-state index contributed by atoms with van der Waals surface area (Å²) in [4.78, 5) is 0. The van der Waals surface area contributed by atoms with Crippen molar-refractivity contribution in [2.45, 2.75) is 27.7 Å². The maximum atomic E-state index is 6.74. The molecule has 6 aromatic rings. The highest BCUT2D eigenvalue weighted by Gasteiger charge is 2.24. The zero-order valence-electron chi connectivity index (χ0n) is 24.7. The molecule has 0 unspecified atom stereocenters. The number of rotatable bonds is 5. The summed E-state index contributed by atoms with van der Waals surface area (Å²) in [5.74, 6) is 0. The third-order valence-electron chi connectivity index (χ3n) is 8.14. The van der Waals surface area contributed by atoms with Crippen LogP contribution in [0.2, 0.25) is 0 Å². The van der Waals surface area contributed by atoms with Crippen molar-refractivity contribution in [3.63, 3.8) is 0 Å². The lowest BCUT2D eigenvalue weighted by atomic mass is 9.78. The monoisotopic (exact) mass is 544 g/mol. The molecule has 206 valence electrons. The van der Waals surface area contributed by atoms with Gasteiger partial charge < -0.3 is 11.5 Å². The van der Waals surface area contributed by atoms with Gasteiger partial charge in [0.1, 0.15) is 0 Å². The average molecular weight is 545 g/mol. The van der Waals surface area contributed by atoms with Crippen molar-refractivity contribution in [1.29, 1.82) is 0 Å². The van der Waals surface area contributed by atoms with Crippen molar-refractivity contribution in [2.75, 3.05) is 11.5 Å². The summed E-state index contributed by atoms with van der Waals surface area (Å²) in [6.07, 6.45) is 0. The molecule has 0 heterocycles. The Balaban J connectivity index is 1.86. The molecule has 2 nitrogen and oxygen atoms in total. The summed E-state index contributed by atoms with van der Waals surface area (Å²) in [6.45, 7) is 8.52. The van der Waals surface area contributed by atoms with Gasteiger partial charge >= 0.3 is 0 Å². The van der Waals surface area contributed by atoms with E-state index >= 15 is 0 Å². The van der Waals surface area contributed by atoms with Crippen LogP contribution in [0.25, 0.3) is 55.6 Å². The van der Waals surface area contributed by atoms with E-state index in [-0.39, 0.29) is 0 Å². The fraction of sp³-hybridized carbons (Fsp3) is 0.100. The smallest absolute Gasteiger partial charge is 0.0627 e. The van der Waals surface area contributed by atoms with Crippen molar-refractivity contribution >= 4 is 11.4 Å². The van der Waals surface area contributed by atoms with Crippen molar-refractivity contribution in [3.05, 3.63) is 144 Å². The van der Waals surface area contributed by atoms with Crippen LogP contribution in [0.1, 0.15) is 22.3 Å². The number of aryl methyl sites for hydroxylation is 4. The fourth-order valence-electron chi connectivity index (χ4n) is 5.72. The molecule has 42 heavy (non-hydrogen) atoms. The molecule has 6 rings (SSSR count). The Kier molecular flexibility index (Phi) is 7.14. The van der Waals surface area contributed by atoms with E-state index in [1.165, 1.54) is 38.9 Å². The molecule has 0 atom stereocenters. The molecule has 0 saturated carbocycles. The number of anilines is 2. The van der Waals surface area contributed by atoms with E-state index in [0.717, 1.165) is 38.9 Å². The van der Waals surface area contributed by atoms with Gasteiger partial charge in [0.25, 0.3) is 0 Å². The van der Waals surface area contributed by atoms with Crippen molar-refractivity contribution in [1.82, 2.24) is 0 Å². The molecule has 0 radical (unpaired) electrons. The van der Waals surface area contributed by atoms with Crippen molar-refractivity contribution in [2.24, 2.45) is 0 Å². The van der Waals surface area contributed by atoms with E-state index in [1.54, 1.807) is 0 Å². The number of nitrogens with two attached hydrogens (primary N) is 2. The Hall–Kier alpha value is -5.08.